The molecule has 29 heavy (non-hydrogen) atoms. The Kier molecular flexibility index (Phi) is 8.35. The predicted molar refractivity (Wildman–Crippen MR) is 109 cm³/mol. The Bertz CT molecular complexity index is 780. The van der Waals surface area contributed by atoms with Crippen molar-refractivity contribution >= 4 is 5.91 Å². The van der Waals surface area contributed by atoms with E-state index in [1.54, 1.807) is 6.07 Å². The maximum Gasteiger partial charge on any atom is 0.416 e. The van der Waals surface area contributed by atoms with Gasteiger partial charge in [-0.15, -0.1) is 0 Å². The number of benzene rings is 1. The molecule has 3 nitrogen and oxygen atoms in total. The number of carbonyl (C=O) groups excluding carboxylic acids is 1. The molecule has 0 fully saturated rings. The van der Waals surface area contributed by atoms with Gasteiger partial charge in [0.2, 0.25) is 5.91 Å². The van der Waals surface area contributed by atoms with Crippen molar-refractivity contribution in [1.82, 2.24) is 9.47 Å². The van der Waals surface area contributed by atoms with Crippen molar-refractivity contribution in [3.8, 4) is 0 Å². The Morgan fingerprint density at radius 1 is 1.14 bits per heavy atom. The minimum Gasteiger partial charge on any atom is -0.345 e. The topological polar surface area (TPSA) is 25.2 Å². The lowest BCUT2D eigenvalue weighted by atomic mass is 10.1. The molecule has 1 heterocycles. The maximum absolute atomic E-state index is 13.0. The number of hydrogen-bond acceptors (Lipinski definition) is 1. The lowest BCUT2D eigenvalue weighted by molar-refractivity contribution is -0.137. The first kappa shape index (κ1) is 23.0. The van der Waals surface area contributed by atoms with Crippen LogP contribution >= 0.6 is 0 Å². The summed E-state index contributed by atoms with van der Waals surface area (Å²) in [5.74, 6) is 0.413. The van der Waals surface area contributed by atoms with E-state index in [4.69, 9.17) is 0 Å². The van der Waals surface area contributed by atoms with Crippen LogP contribution in [-0.2, 0) is 24.1 Å². The molecule has 0 aliphatic heterocycles. The van der Waals surface area contributed by atoms with E-state index in [-0.39, 0.29) is 11.8 Å². The summed E-state index contributed by atoms with van der Waals surface area (Å²) in [4.78, 5) is 14.6. The van der Waals surface area contributed by atoms with Gasteiger partial charge in [0.15, 0.2) is 0 Å². The van der Waals surface area contributed by atoms with E-state index >= 15 is 0 Å². The highest BCUT2D eigenvalue weighted by molar-refractivity contribution is 5.76. The van der Waals surface area contributed by atoms with Crippen LogP contribution in [-0.4, -0.2) is 21.9 Å². The summed E-state index contributed by atoms with van der Waals surface area (Å²) in [6, 6.07) is 9.21. The van der Waals surface area contributed by atoms with Crippen LogP contribution in [0.3, 0.4) is 0 Å². The van der Waals surface area contributed by atoms with Crippen LogP contribution in [0.25, 0.3) is 0 Å². The van der Waals surface area contributed by atoms with E-state index in [9.17, 15) is 18.0 Å². The summed E-state index contributed by atoms with van der Waals surface area (Å²) in [5, 5.41) is 0. The summed E-state index contributed by atoms with van der Waals surface area (Å²) in [6.07, 6.45) is 1.10. The van der Waals surface area contributed by atoms with Gasteiger partial charge in [0.05, 0.1) is 12.1 Å². The molecular formula is C23H31F3N2O. The smallest absolute Gasteiger partial charge is 0.345 e. The van der Waals surface area contributed by atoms with E-state index in [0.717, 1.165) is 31.0 Å². The number of alkyl halides is 3. The van der Waals surface area contributed by atoms with Crippen molar-refractivity contribution in [3.63, 3.8) is 0 Å². The van der Waals surface area contributed by atoms with E-state index in [0.29, 0.717) is 31.6 Å². The average molecular weight is 409 g/mol. The van der Waals surface area contributed by atoms with Crippen LogP contribution in [0.15, 0.2) is 42.6 Å². The molecule has 0 spiro atoms. The van der Waals surface area contributed by atoms with Gasteiger partial charge < -0.3 is 9.47 Å². The van der Waals surface area contributed by atoms with Crippen LogP contribution in [0.4, 0.5) is 13.2 Å². The van der Waals surface area contributed by atoms with E-state index in [1.807, 2.05) is 41.6 Å². The van der Waals surface area contributed by atoms with E-state index in [1.165, 1.54) is 12.1 Å². The average Bonchev–Trinajstić information content (AvgIpc) is 3.06. The molecule has 0 N–H and O–H groups in total. The number of halogens is 3. The second-order valence-electron chi connectivity index (χ2n) is 7.95. The fraction of sp³-hybridized carbons (Fsp3) is 0.522. The van der Waals surface area contributed by atoms with Crippen molar-refractivity contribution < 1.29 is 18.0 Å². The SMILES string of the molecule is CCCCCN(Cc1cccn1Cc1cccc(C(F)(F)F)c1)C(=O)CC(C)C. The highest BCUT2D eigenvalue weighted by atomic mass is 19.4. The first-order valence-electron chi connectivity index (χ1n) is 10.3. The Hall–Kier alpha value is -2.24. The minimum absolute atomic E-state index is 0.128. The molecule has 1 aromatic carbocycles. The minimum atomic E-state index is -4.35. The van der Waals surface area contributed by atoms with E-state index < -0.39 is 11.7 Å². The lowest BCUT2D eigenvalue weighted by Gasteiger charge is -2.24. The number of unbranched alkanes of at least 4 members (excludes halogenated alkanes) is 2. The van der Waals surface area contributed by atoms with Gasteiger partial charge in [-0.2, -0.15) is 13.2 Å². The Morgan fingerprint density at radius 2 is 1.90 bits per heavy atom. The lowest BCUT2D eigenvalue weighted by Crippen LogP contribution is -2.33. The Balaban J connectivity index is 2.15. The summed E-state index contributed by atoms with van der Waals surface area (Å²) in [7, 11) is 0. The number of amides is 1. The van der Waals surface area contributed by atoms with Crippen LogP contribution in [0.5, 0.6) is 0 Å². The first-order valence-corrected chi connectivity index (χ1v) is 10.3. The van der Waals surface area contributed by atoms with Gasteiger partial charge in [-0.05, 0) is 42.2 Å². The highest BCUT2D eigenvalue weighted by Crippen LogP contribution is 2.29. The van der Waals surface area contributed by atoms with Gasteiger partial charge in [-0.25, -0.2) is 0 Å². The molecule has 0 bridgehead atoms. The monoisotopic (exact) mass is 408 g/mol. The maximum atomic E-state index is 13.0. The van der Waals surface area contributed by atoms with Gasteiger partial charge in [-0.3, -0.25) is 4.79 Å². The molecule has 0 aliphatic rings. The second-order valence-corrected chi connectivity index (χ2v) is 7.95. The first-order chi connectivity index (χ1) is 13.7. The molecule has 6 heteroatoms. The van der Waals surface area contributed by atoms with Crippen LogP contribution in [0.1, 0.15) is 63.3 Å². The van der Waals surface area contributed by atoms with E-state index in [2.05, 4.69) is 6.92 Å². The third-order valence-corrected chi connectivity index (χ3v) is 4.85. The summed E-state index contributed by atoms with van der Waals surface area (Å²) >= 11 is 0. The quantitative estimate of drug-likeness (QED) is 0.435. The largest absolute Gasteiger partial charge is 0.416 e. The fourth-order valence-corrected chi connectivity index (χ4v) is 3.31. The van der Waals surface area contributed by atoms with Crippen molar-refractivity contribution in [1.29, 1.82) is 0 Å². The summed E-state index contributed by atoms with van der Waals surface area (Å²) < 4.78 is 40.9. The number of nitrogens with zero attached hydrogens (tertiary/aromatic N) is 2. The summed E-state index contributed by atoms with van der Waals surface area (Å²) in [6.45, 7) is 7.69. The predicted octanol–water partition coefficient (Wildman–Crippen LogP) is 6.12. The number of aromatic nitrogens is 1. The molecule has 0 atom stereocenters. The standard InChI is InChI=1S/C23H31F3N2O/c1-4-5-6-12-28(22(29)14-18(2)3)17-21-11-8-13-27(21)16-19-9-7-10-20(15-19)23(24,25)26/h7-11,13,15,18H,4-6,12,14,16-17H2,1-3H3. The Labute approximate surface area is 171 Å². The summed E-state index contributed by atoms with van der Waals surface area (Å²) in [5.41, 5.74) is 0.872. The number of rotatable bonds is 10. The zero-order valence-electron chi connectivity index (χ0n) is 17.5. The van der Waals surface area contributed by atoms with Crippen molar-refractivity contribution in [2.75, 3.05) is 6.54 Å². The number of carbonyl (C=O) groups is 1. The molecule has 0 saturated carbocycles. The van der Waals surface area contributed by atoms with Gasteiger partial charge in [-0.1, -0.05) is 45.7 Å². The Morgan fingerprint density at radius 3 is 2.55 bits per heavy atom. The molecule has 2 rings (SSSR count). The molecule has 0 radical (unpaired) electrons. The third kappa shape index (κ3) is 7.26. The van der Waals surface area contributed by atoms with Gasteiger partial charge >= 0.3 is 6.18 Å². The van der Waals surface area contributed by atoms with Gasteiger partial charge in [0.1, 0.15) is 0 Å². The van der Waals surface area contributed by atoms with Crippen LogP contribution in [0, 0.1) is 5.92 Å². The molecule has 1 aromatic heterocycles. The third-order valence-electron chi connectivity index (χ3n) is 4.85. The fourth-order valence-electron chi connectivity index (χ4n) is 3.31. The zero-order valence-corrected chi connectivity index (χ0v) is 17.5. The molecular weight excluding hydrogens is 377 g/mol. The van der Waals surface area contributed by atoms with Gasteiger partial charge in [0.25, 0.3) is 0 Å². The van der Waals surface area contributed by atoms with Gasteiger partial charge in [0, 0.05) is 31.4 Å². The van der Waals surface area contributed by atoms with Crippen molar-refractivity contribution in [2.24, 2.45) is 5.92 Å². The molecule has 2 aromatic rings. The molecule has 0 saturated heterocycles. The molecule has 160 valence electrons. The molecule has 1 amide bonds. The molecule has 0 aliphatic carbocycles. The highest BCUT2D eigenvalue weighted by Gasteiger charge is 2.30. The number of hydrogen-bond donors (Lipinski definition) is 0. The van der Waals surface area contributed by atoms with Crippen molar-refractivity contribution in [3.05, 3.63) is 59.4 Å². The normalized spacial score (nSPS) is 11.8. The van der Waals surface area contributed by atoms with Crippen molar-refractivity contribution in [2.45, 2.75) is 65.7 Å². The van der Waals surface area contributed by atoms with Crippen LogP contribution < -0.4 is 0 Å². The second kappa shape index (κ2) is 10.5. The molecule has 0 unspecified atom stereocenters. The zero-order chi connectivity index (χ0) is 21.4. The van der Waals surface area contributed by atoms with Crippen LogP contribution in [0.2, 0.25) is 0 Å².